The van der Waals surface area contributed by atoms with Crippen LogP contribution in [0.3, 0.4) is 0 Å². The second kappa shape index (κ2) is 8.42. The van der Waals surface area contributed by atoms with Gasteiger partial charge in [0.25, 0.3) is 0 Å². The molecular formula is C16H14Cl2FNOS. The van der Waals surface area contributed by atoms with E-state index in [1.165, 1.54) is 23.9 Å². The van der Waals surface area contributed by atoms with Crippen LogP contribution in [0.15, 0.2) is 42.5 Å². The third-order valence-electron chi connectivity index (χ3n) is 2.89. The van der Waals surface area contributed by atoms with Gasteiger partial charge in [0.1, 0.15) is 5.82 Å². The Bertz CT molecular complexity index is 649. The Morgan fingerprint density at radius 1 is 1.05 bits per heavy atom. The number of nitrogens with one attached hydrogen (secondary N) is 1. The number of benzene rings is 2. The summed E-state index contributed by atoms with van der Waals surface area (Å²) in [7, 11) is 0. The third kappa shape index (κ3) is 5.52. The predicted octanol–water partition coefficient (Wildman–Crippen LogP) is 4.68. The molecule has 0 aliphatic rings. The first-order valence-electron chi connectivity index (χ1n) is 6.57. The van der Waals surface area contributed by atoms with Crippen LogP contribution in [0.4, 0.5) is 4.39 Å². The monoisotopic (exact) mass is 357 g/mol. The maximum atomic E-state index is 12.8. The summed E-state index contributed by atoms with van der Waals surface area (Å²) in [5.41, 5.74) is 1.88. The lowest BCUT2D eigenvalue weighted by atomic mass is 10.2. The Morgan fingerprint density at radius 2 is 1.73 bits per heavy atom. The summed E-state index contributed by atoms with van der Waals surface area (Å²) in [5.74, 6) is 0.684. The Balaban J connectivity index is 1.71. The van der Waals surface area contributed by atoms with Crippen molar-refractivity contribution in [2.24, 2.45) is 0 Å². The summed E-state index contributed by atoms with van der Waals surface area (Å²) < 4.78 is 12.8. The van der Waals surface area contributed by atoms with Crippen LogP contribution in [0.1, 0.15) is 11.1 Å². The first kappa shape index (κ1) is 17.1. The molecule has 1 N–H and O–H groups in total. The largest absolute Gasteiger partial charge is 0.351 e. The normalized spacial score (nSPS) is 10.5. The van der Waals surface area contributed by atoms with Crippen molar-refractivity contribution < 1.29 is 9.18 Å². The van der Waals surface area contributed by atoms with E-state index in [0.717, 1.165) is 11.1 Å². The number of thioether (sulfide) groups is 1. The second-order valence-corrected chi connectivity index (χ2v) is 6.44. The first-order valence-corrected chi connectivity index (χ1v) is 8.48. The fraction of sp³-hybridized carbons (Fsp3) is 0.188. The molecular weight excluding hydrogens is 344 g/mol. The van der Waals surface area contributed by atoms with Crippen molar-refractivity contribution in [3.8, 4) is 0 Å². The van der Waals surface area contributed by atoms with E-state index in [4.69, 9.17) is 23.2 Å². The molecule has 0 saturated carbocycles. The summed E-state index contributed by atoms with van der Waals surface area (Å²) in [5, 5.41) is 3.83. The van der Waals surface area contributed by atoms with E-state index in [-0.39, 0.29) is 11.7 Å². The minimum atomic E-state index is -0.285. The molecule has 0 aliphatic carbocycles. The van der Waals surface area contributed by atoms with Crippen LogP contribution >= 0.6 is 35.0 Å². The van der Waals surface area contributed by atoms with Crippen molar-refractivity contribution in [3.63, 3.8) is 0 Å². The Kier molecular flexibility index (Phi) is 6.55. The summed E-state index contributed by atoms with van der Waals surface area (Å²) in [4.78, 5) is 11.7. The molecule has 0 heterocycles. The average Bonchev–Trinajstić information content (AvgIpc) is 2.50. The molecule has 22 heavy (non-hydrogen) atoms. The lowest BCUT2D eigenvalue weighted by molar-refractivity contribution is -0.118. The molecule has 2 rings (SSSR count). The molecule has 0 bridgehead atoms. The van der Waals surface area contributed by atoms with Crippen LogP contribution in [0.25, 0.3) is 0 Å². The van der Waals surface area contributed by atoms with E-state index in [9.17, 15) is 9.18 Å². The summed E-state index contributed by atoms with van der Waals surface area (Å²) in [6.45, 7) is 0.395. The van der Waals surface area contributed by atoms with Gasteiger partial charge >= 0.3 is 0 Å². The first-order chi connectivity index (χ1) is 10.5. The van der Waals surface area contributed by atoms with Crippen LogP contribution in [0.5, 0.6) is 0 Å². The van der Waals surface area contributed by atoms with Crippen molar-refractivity contribution >= 4 is 40.9 Å². The number of rotatable bonds is 6. The molecule has 0 aromatic heterocycles. The van der Waals surface area contributed by atoms with Gasteiger partial charge in [-0.2, -0.15) is 0 Å². The molecule has 0 fully saturated rings. The standard InChI is InChI=1S/C16H14Cl2FNOS/c17-14-6-3-12(7-15(14)18)9-22-10-16(21)20-8-11-1-4-13(19)5-2-11/h1-7H,8-10H2,(H,20,21). The fourth-order valence-electron chi connectivity index (χ4n) is 1.74. The molecule has 116 valence electrons. The molecule has 6 heteroatoms. The highest BCUT2D eigenvalue weighted by molar-refractivity contribution is 7.99. The number of amides is 1. The minimum absolute atomic E-state index is 0.0608. The molecule has 2 aromatic carbocycles. The second-order valence-electron chi connectivity index (χ2n) is 4.64. The number of halogens is 3. The number of hydrogen-bond acceptors (Lipinski definition) is 2. The van der Waals surface area contributed by atoms with Gasteiger partial charge in [0, 0.05) is 12.3 Å². The van der Waals surface area contributed by atoms with Crippen molar-refractivity contribution in [2.75, 3.05) is 5.75 Å². The van der Waals surface area contributed by atoms with E-state index in [2.05, 4.69) is 5.32 Å². The van der Waals surface area contributed by atoms with E-state index >= 15 is 0 Å². The quantitative estimate of drug-likeness (QED) is 0.812. The number of hydrogen-bond donors (Lipinski definition) is 1. The topological polar surface area (TPSA) is 29.1 Å². The van der Waals surface area contributed by atoms with Gasteiger partial charge in [-0.3, -0.25) is 4.79 Å². The Morgan fingerprint density at radius 3 is 2.41 bits per heavy atom. The Hall–Kier alpha value is -1.23. The molecule has 0 aliphatic heterocycles. The predicted molar refractivity (Wildman–Crippen MR) is 90.9 cm³/mol. The molecule has 2 aromatic rings. The van der Waals surface area contributed by atoms with Gasteiger partial charge < -0.3 is 5.32 Å². The molecule has 0 unspecified atom stereocenters. The van der Waals surface area contributed by atoms with Crippen molar-refractivity contribution in [2.45, 2.75) is 12.3 Å². The van der Waals surface area contributed by atoms with Crippen LogP contribution < -0.4 is 5.32 Å². The van der Waals surface area contributed by atoms with Crippen molar-refractivity contribution in [1.82, 2.24) is 5.32 Å². The zero-order chi connectivity index (χ0) is 15.9. The highest BCUT2D eigenvalue weighted by Crippen LogP contribution is 2.24. The molecule has 2 nitrogen and oxygen atoms in total. The highest BCUT2D eigenvalue weighted by Gasteiger charge is 2.04. The van der Waals surface area contributed by atoms with Crippen LogP contribution in [-0.4, -0.2) is 11.7 Å². The highest BCUT2D eigenvalue weighted by atomic mass is 35.5. The van der Waals surface area contributed by atoms with Gasteiger partial charge in [-0.05, 0) is 35.4 Å². The lowest BCUT2D eigenvalue weighted by Gasteiger charge is -2.06. The molecule has 0 atom stereocenters. The van der Waals surface area contributed by atoms with E-state index < -0.39 is 0 Å². The maximum Gasteiger partial charge on any atom is 0.230 e. The van der Waals surface area contributed by atoms with Crippen molar-refractivity contribution in [3.05, 3.63) is 69.5 Å². The number of carbonyl (C=O) groups excluding carboxylic acids is 1. The molecule has 0 saturated heterocycles. The van der Waals surface area contributed by atoms with Crippen LogP contribution in [0, 0.1) is 5.82 Å². The van der Waals surface area contributed by atoms with Gasteiger partial charge in [-0.1, -0.05) is 41.4 Å². The minimum Gasteiger partial charge on any atom is -0.351 e. The molecule has 0 radical (unpaired) electrons. The smallest absolute Gasteiger partial charge is 0.230 e. The Labute approximate surface area is 143 Å². The van der Waals surface area contributed by atoms with Gasteiger partial charge in [0.2, 0.25) is 5.91 Å². The van der Waals surface area contributed by atoms with Gasteiger partial charge in [-0.15, -0.1) is 11.8 Å². The number of carbonyl (C=O) groups is 1. The zero-order valence-corrected chi connectivity index (χ0v) is 13.9. The lowest BCUT2D eigenvalue weighted by Crippen LogP contribution is -2.24. The average molecular weight is 358 g/mol. The fourth-order valence-corrected chi connectivity index (χ4v) is 2.87. The van der Waals surface area contributed by atoms with Crippen LogP contribution in [0.2, 0.25) is 10.0 Å². The SMILES string of the molecule is O=C(CSCc1ccc(Cl)c(Cl)c1)NCc1ccc(F)cc1. The maximum absolute atomic E-state index is 12.8. The summed E-state index contributed by atoms with van der Waals surface area (Å²) in [6.07, 6.45) is 0. The van der Waals surface area contributed by atoms with Gasteiger partial charge in [0.15, 0.2) is 0 Å². The molecule has 0 spiro atoms. The van der Waals surface area contributed by atoms with Crippen molar-refractivity contribution in [1.29, 1.82) is 0 Å². The van der Waals surface area contributed by atoms with E-state index in [1.54, 1.807) is 24.3 Å². The van der Waals surface area contributed by atoms with Crippen LogP contribution in [-0.2, 0) is 17.1 Å². The van der Waals surface area contributed by atoms with Gasteiger partial charge in [0.05, 0.1) is 15.8 Å². The van der Waals surface area contributed by atoms with E-state index in [1.807, 2.05) is 6.07 Å². The molecule has 1 amide bonds. The summed E-state index contributed by atoms with van der Waals surface area (Å²) in [6, 6.07) is 11.5. The third-order valence-corrected chi connectivity index (χ3v) is 4.63. The summed E-state index contributed by atoms with van der Waals surface area (Å²) >= 11 is 13.3. The van der Waals surface area contributed by atoms with E-state index in [0.29, 0.717) is 28.1 Å². The zero-order valence-electron chi connectivity index (χ0n) is 11.6. The van der Waals surface area contributed by atoms with Gasteiger partial charge in [-0.25, -0.2) is 4.39 Å².